The molecular formula is C10H12Cl2N2O2. The fourth-order valence-corrected chi connectivity index (χ4v) is 1.55. The fourth-order valence-electron chi connectivity index (χ4n) is 1.03. The third-order valence-corrected chi connectivity index (χ3v) is 2.13. The van der Waals surface area contributed by atoms with Crippen LogP contribution in [0, 0.1) is 0 Å². The van der Waals surface area contributed by atoms with Gasteiger partial charge >= 0.3 is 6.09 Å². The lowest BCUT2D eigenvalue weighted by molar-refractivity contribution is 0.163. The molecule has 0 heterocycles. The van der Waals surface area contributed by atoms with Crippen molar-refractivity contribution in [3.8, 4) is 0 Å². The van der Waals surface area contributed by atoms with Crippen molar-refractivity contribution in [1.29, 1.82) is 0 Å². The van der Waals surface area contributed by atoms with E-state index < -0.39 is 6.09 Å². The average molecular weight is 263 g/mol. The summed E-state index contributed by atoms with van der Waals surface area (Å²) in [7, 11) is 1.78. The van der Waals surface area contributed by atoms with E-state index in [9.17, 15) is 4.79 Å². The molecule has 0 aliphatic carbocycles. The Morgan fingerprint density at radius 1 is 1.31 bits per heavy atom. The highest BCUT2D eigenvalue weighted by Gasteiger charge is 2.04. The maximum absolute atomic E-state index is 11.3. The smallest absolute Gasteiger partial charge is 0.411 e. The summed E-state index contributed by atoms with van der Waals surface area (Å²) in [4.78, 5) is 11.3. The number of likely N-dealkylation sites (N-methyl/N-ethyl adjacent to an activating group) is 1. The molecule has 1 aromatic carbocycles. The van der Waals surface area contributed by atoms with Gasteiger partial charge in [-0.1, -0.05) is 23.2 Å². The number of carbonyl (C=O) groups is 1. The largest absolute Gasteiger partial charge is 0.448 e. The predicted molar refractivity (Wildman–Crippen MR) is 65.4 cm³/mol. The lowest BCUT2D eigenvalue weighted by atomic mass is 10.3. The van der Waals surface area contributed by atoms with Crippen LogP contribution < -0.4 is 10.6 Å². The highest BCUT2D eigenvalue weighted by Crippen LogP contribution is 2.22. The standard InChI is InChI=1S/C10H12Cl2N2O2/c1-13-2-3-16-10(15)14-9-5-7(11)4-8(12)6-9/h4-6,13H,2-3H2,1H3,(H,14,15). The maximum Gasteiger partial charge on any atom is 0.411 e. The molecule has 0 aliphatic rings. The number of rotatable bonds is 4. The molecule has 0 spiro atoms. The molecule has 0 saturated carbocycles. The molecular weight excluding hydrogens is 251 g/mol. The SMILES string of the molecule is CNCCOC(=O)Nc1cc(Cl)cc(Cl)c1. The number of amides is 1. The summed E-state index contributed by atoms with van der Waals surface area (Å²) in [5.74, 6) is 0. The van der Waals surface area contributed by atoms with E-state index in [0.29, 0.717) is 28.9 Å². The topological polar surface area (TPSA) is 50.4 Å². The van der Waals surface area contributed by atoms with E-state index in [1.54, 1.807) is 25.2 Å². The highest BCUT2D eigenvalue weighted by molar-refractivity contribution is 6.35. The van der Waals surface area contributed by atoms with Gasteiger partial charge in [0.25, 0.3) is 0 Å². The van der Waals surface area contributed by atoms with E-state index >= 15 is 0 Å². The van der Waals surface area contributed by atoms with Gasteiger partial charge in [-0.3, -0.25) is 5.32 Å². The van der Waals surface area contributed by atoms with Gasteiger partial charge in [0.15, 0.2) is 0 Å². The Morgan fingerprint density at radius 3 is 2.50 bits per heavy atom. The van der Waals surface area contributed by atoms with Crippen molar-refractivity contribution < 1.29 is 9.53 Å². The molecule has 1 amide bonds. The van der Waals surface area contributed by atoms with Crippen molar-refractivity contribution in [2.24, 2.45) is 0 Å². The third kappa shape index (κ3) is 4.70. The Balaban J connectivity index is 2.49. The third-order valence-electron chi connectivity index (χ3n) is 1.69. The monoisotopic (exact) mass is 262 g/mol. The summed E-state index contributed by atoms with van der Waals surface area (Å²) < 4.78 is 4.87. The van der Waals surface area contributed by atoms with Crippen molar-refractivity contribution in [1.82, 2.24) is 5.32 Å². The molecule has 0 aliphatic heterocycles. The average Bonchev–Trinajstić information content (AvgIpc) is 2.16. The first-order valence-corrected chi connectivity index (χ1v) is 5.42. The summed E-state index contributed by atoms with van der Waals surface area (Å²) in [6, 6.07) is 4.76. The van der Waals surface area contributed by atoms with Gasteiger partial charge in [0.05, 0.1) is 0 Å². The Kier molecular flexibility index (Phi) is 5.38. The lowest BCUT2D eigenvalue weighted by Crippen LogP contribution is -2.20. The van der Waals surface area contributed by atoms with E-state index in [4.69, 9.17) is 27.9 Å². The summed E-state index contributed by atoms with van der Waals surface area (Å²) in [5.41, 5.74) is 0.506. The minimum absolute atomic E-state index is 0.302. The van der Waals surface area contributed by atoms with Gasteiger partial charge < -0.3 is 10.1 Å². The Labute approximate surface area is 104 Å². The number of ether oxygens (including phenoxy) is 1. The normalized spacial score (nSPS) is 9.94. The molecule has 0 unspecified atom stereocenters. The molecule has 88 valence electrons. The minimum atomic E-state index is -0.534. The van der Waals surface area contributed by atoms with Crippen LogP contribution in [0.15, 0.2) is 18.2 Å². The van der Waals surface area contributed by atoms with Crippen LogP contribution in [-0.2, 0) is 4.74 Å². The second kappa shape index (κ2) is 6.58. The number of benzene rings is 1. The lowest BCUT2D eigenvalue weighted by Gasteiger charge is -2.07. The molecule has 6 heteroatoms. The molecule has 0 aromatic heterocycles. The number of hydrogen-bond acceptors (Lipinski definition) is 3. The van der Waals surface area contributed by atoms with Gasteiger partial charge in [0.2, 0.25) is 0 Å². The Bertz CT molecular complexity index is 352. The maximum atomic E-state index is 11.3. The summed E-state index contributed by atoms with van der Waals surface area (Å²) in [5, 5.41) is 6.30. The summed E-state index contributed by atoms with van der Waals surface area (Å²) in [6.07, 6.45) is -0.534. The minimum Gasteiger partial charge on any atom is -0.448 e. The molecule has 16 heavy (non-hydrogen) atoms. The number of nitrogens with one attached hydrogen (secondary N) is 2. The van der Waals surface area contributed by atoms with Crippen LogP contribution in [-0.4, -0.2) is 26.3 Å². The molecule has 2 N–H and O–H groups in total. The van der Waals surface area contributed by atoms with Crippen LogP contribution in [0.25, 0.3) is 0 Å². The van der Waals surface area contributed by atoms with Crippen molar-refractivity contribution >= 4 is 35.0 Å². The number of halogens is 2. The van der Waals surface area contributed by atoms with Gasteiger partial charge in [0.1, 0.15) is 6.61 Å². The zero-order valence-corrected chi connectivity index (χ0v) is 10.2. The molecule has 1 rings (SSSR count). The quantitative estimate of drug-likeness (QED) is 0.821. The van der Waals surface area contributed by atoms with Gasteiger partial charge in [-0.2, -0.15) is 0 Å². The fraction of sp³-hybridized carbons (Fsp3) is 0.300. The second-order valence-electron chi connectivity index (χ2n) is 3.02. The first-order valence-electron chi connectivity index (χ1n) is 4.66. The molecule has 0 atom stereocenters. The zero-order valence-electron chi connectivity index (χ0n) is 8.72. The Morgan fingerprint density at radius 2 is 1.94 bits per heavy atom. The van der Waals surface area contributed by atoms with E-state index in [1.165, 1.54) is 0 Å². The van der Waals surface area contributed by atoms with Crippen molar-refractivity contribution in [3.63, 3.8) is 0 Å². The molecule has 0 radical (unpaired) electrons. The van der Waals surface area contributed by atoms with Crippen molar-refractivity contribution in [2.75, 3.05) is 25.5 Å². The van der Waals surface area contributed by atoms with Crippen LogP contribution in [0.1, 0.15) is 0 Å². The van der Waals surface area contributed by atoms with Gasteiger partial charge in [-0.05, 0) is 25.2 Å². The van der Waals surface area contributed by atoms with Crippen molar-refractivity contribution in [2.45, 2.75) is 0 Å². The highest BCUT2D eigenvalue weighted by atomic mass is 35.5. The van der Waals surface area contributed by atoms with E-state index in [0.717, 1.165) is 0 Å². The number of hydrogen-bond donors (Lipinski definition) is 2. The molecule has 0 bridgehead atoms. The van der Waals surface area contributed by atoms with E-state index in [2.05, 4.69) is 10.6 Å². The van der Waals surface area contributed by atoms with Gasteiger partial charge in [-0.15, -0.1) is 0 Å². The first-order chi connectivity index (χ1) is 7.61. The van der Waals surface area contributed by atoms with Crippen LogP contribution in [0.5, 0.6) is 0 Å². The first kappa shape index (κ1) is 13.1. The van der Waals surface area contributed by atoms with E-state index in [1.807, 2.05) is 0 Å². The summed E-state index contributed by atoms with van der Waals surface area (Å²) >= 11 is 11.5. The van der Waals surface area contributed by atoms with Crippen LogP contribution in [0.3, 0.4) is 0 Å². The molecule has 4 nitrogen and oxygen atoms in total. The summed E-state index contributed by atoms with van der Waals surface area (Å²) in [6.45, 7) is 0.903. The molecule has 0 saturated heterocycles. The van der Waals surface area contributed by atoms with Crippen molar-refractivity contribution in [3.05, 3.63) is 28.2 Å². The number of anilines is 1. The van der Waals surface area contributed by atoms with Gasteiger partial charge in [0, 0.05) is 22.3 Å². The molecule has 1 aromatic rings. The Hall–Kier alpha value is -0.970. The zero-order chi connectivity index (χ0) is 12.0. The second-order valence-corrected chi connectivity index (χ2v) is 3.90. The van der Waals surface area contributed by atoms with Crippen LogP contribution in [0.4, 0.5) is 10.5 Å². The number of carbonyl (C=O) groups excluding carboxylic acids is 1. The predicted octanol–water partition coefficient (Wildman–Crippen LogP) is 2.76. The van der Waals surface area contributed by atoms with Gasteiger partial charge in [-0.25, -0.2) is 4.79 Å². The van der Waals surface area contributed by atoms with Crippen LogP contribution >= 0.6 is 23.2 Å². The van der Waals surface area contributed by atoms with Crippen LogP contribution in [0.2, 0.25) is 10.0 Å². The van der Waals surface area contributed by atoms with E-state index in [-0.39, 0.29) is 0 Å². The molecule has 0 fully saturated rings.